The molecule has 0 fully saturated rings. The molecule has 7 heteroatoms. The molecule has 140 valence electrons. The zero-order valence-electron chi connectivity index (χ0n) is 15.4. The number of benzene rings is 2. The Labute approximate surface area is 154 Å². The van der Waals surface area contributed by atoms with Gasteiger partial charge in [0.15, 0.2) is 0 Å². The summed E-state index contributed by atoms with van der Waals surface area (Å²) in [5.41, 5.74) is 2.62. The molecule has 0 aliphatic heterocycles. The first-order chi connectivity index (χ1) is 12.2. The van der Waals surface area contributed by atoms with E-state index < -0.39 is 10.0 Å². The molecule has 0 atom stereocenters. The average Bonchev–Trinajstić information content (AvgIpc) is 2.58. The Hall–Kier alpha value is -2.38. The maximum Gasteiger partial charge on any atom is 0.242 e. The van der Waals surface area contributed by atoms with Crippen LogP contribution >= 0.6 is 0 Å². The number of nitrogens with zero attached hydrogens (tertiary/aromatic N) is 1. The molecule has 0 aromatic heterocycles. The summed E-state index contributed by atoms with van der Waals surface area (Å²) in [6, 6.07) is 12.0. The molecular formula is C19H24N2O4S. The van der Waals surface area contributed by atoms with Gasteiger partial charge in [0, 0.05) is 19.8 Å². The Bertz CT molecular complexity index is 892. The van der Waals surface area contributed by atoms with E-state index in [0.717, 1.165) is 21.2 Å². The number of sulfonamides is 1. The van der Waals surface area contributed by atoms with E-state index >= 15 is 0 Å². The summed E-state index contributed by atoms with van der Waals surface area (Å²) in [6.07, 6.45) is 0.165. The fourth-order valence-electron chi connectivity index (χ4n) is 2.30. The van der Waals surface area contributed by atoms with Gasteiger partial charge < -0.3 is 10.1 Å². The van der Waals surface area contributed by atoms with Crippen molar-refractivity contribution in [1.82, 2.24) is 4.31 Å². The van der Waals surface area contributed by atoms with Crippen LogP contribution in [0.1, 0.15) is 17.5 Å². The zero-order chi connectivity index (χ0) is 19.3. The van der Waals surface area contributed by atoms with E-state index in [4.69, 9.17) is 4.74 Å². The number of carbonyl (C=O) groups excluding carboxylic acids is 1. The SMILES string of the molecule is Cc1cccc(OCCC(=O)Nc2cccc(S(=O)(=O)N(C)C)c2)c1C. The highest BCUT2D eigenvalue weighted by molar-refractivity contribution is 7.89. The molecule has 0 heterocycles. The van der Waals surface area contributed by atoms with Crippen LogP contribution in [0.5, 0.6) is 5.75 Å². The molecular weight excluding hydrogens is 352 g/mol. The Morgan fingerprint density at radius 3 is 2.50 bits per heavy atom. The lowest BCUT2D eigenvalue weighted by Crippen LogP contribution is -2.22. The van der Waals surface area contributed by atoms with Gasteiger partial charge in [0.1, 0.15) is 5.75 Å². The van der Waals surface area contributed by atoms with E-state index in [1.165, 1.54) is 26.2 Å². The Morgan fingerprint density at radius 1 is 1.12 bits per heavy atom. The Balaban J connectivity index is 1.95. The van der Waals surface area contributed by atoms with Crippen LogP contribution < -0.4 is 10.1 Å². The standard InChI is InChI=1S/C19H24N2O4S/c1-14-7-5-10-18(15(14)2)25-12-11-19(22)20-16-8-6-9-17(13-16)26(23,24)21(3)4/h5-10,13H,11-12H2,1-4H3,(H,20,22). The molecule has 0 radical (unpaired) electrons. The number of amides is 1. The van der Waals surface area contributed by atoms with Crippen molar-refractivity contribution >= 4 is 21.6 Å². The van der Waals surface area contributed by atoms with E-state index in [9.17, 15) is 13.2 Å². The van der Waals surface area contributed by atoms with Gasteiger partial charge in [-0.2, -0.15) is 0 Å². The van der Waals surface area contributed by atoms with E-state index in [1.807, 2.05) is 32.0 Å². The molecule has 0 aliphatic rings. The number of hydrogen-bond donors (Lipinski definition) is 1. The summed E-state index contributed by atoms with van der Waals surface area (Å²) in [7, 11) is -0.613. The summed E-state index contributed by atoms with van der Waals surface area (Å²) >= 11 is 0. The first-order valence-corrected chi connectivity index (χ1v) is 9.67. The minimum atomic E-state index is -3.54. The molecule has 0 saturated carbocycles. The molecule has 0 spiro atoms. The molecule has 2 rings (SSSR count). The second kappa shape index (κ2) is 8.33. The number of hydrogen-bond acceptors (Lipinski definition) is 4. The fourth-order valence-corrected chi connectivity index (χ4v) is 3.25. The van der Waals surface area contributed by atoms with Crippen molar-refractivity contribution in [3.8, 4) is 5.75 Å². The maximum atomic E-state index is 12.2. The normalized spacial score (nSPS) is 11.4. The lowest BCUT2D eigenvalue weighted by atomic mass is 10.1. The van der Waals surface area contributed by atoms with Crippen molar-refractivity contribution in [2.45, 2.75) is 25.2 Å². The lowest BCUT2D eigenvalue weighted by molar-refractivity contribution is -0.116. The van der Waals surface area contributed by atoms with E-state index in [0.29, 0.717) is 5.69 Å². The van der Waals surface area contributed by atoms with Crippen molar-refractivity contribution < 1.29 is 17.9 Å². The molecule has 26 heavy (non-hydrogen) atoms. The van der Waals surface area contributed by atoms with Crippen LogP contribution in [-0.2, 0) is 14.8 Å². The van der Waals surface area contributed by atoms with Gasteiger partial charge in [0.05, 0.1) is 17.9 Å². The fraction of sp³-hybridized carbons (Fsp3) is 0.316. The highest BCUT2D eigenvalue weighted by Crippen LogP contribution is 2.21. The monoisotopic (exact) mass is 376 g/mol. The van der Waals surface area contributed by atoms with Crippen molar-refractivity contribution in [2.75, 3.05) is 26.0 Å². The molecule has 0 bridgehead atoms. The third-order valence-corrected chi connectivity index (χ3v) is 5.85. The number of rotatable bonds is 7. The largest absolute Gasteiger partial charge is 0.493 e. The summed E-state index contributed by atoms with van der Waals surface area (Å²) in [6.45, 7) is 4.22. The molecule has 0 aliphatic carbocycles. The summed E-state index contributed by atoms with van der Waals surface area (Å²) in [4.78, 5) is 12.2. The lowest BCUT2D eigenvalue weighted by Gasteiger charge is -2.13. The van der Waals surface area contributed by atoms with Crippen molar-refractivity contribution in [2.24, 2.45) is 0 Å². The van der Waals surface area contributed by atoms with Crippen LogP contribution in [0.2, 0.25) is 0 Å². The van der Waals surface area contributed by atoms with Crippen LogP contribution in [0.4, 0.5) is 5.69 Å². The van der Waals surface area contributed by atoms with Gasteiger partial charge >= 0.3 is 0 Å². The summed E-state index contributed by atoms with van der Waals surface area (Å²) < 4.78 is 31.1. The molecule has 2 aromatic carbocycles. The van der Waals surface area contributed by atoms with Gasteiger partial charge in [0.2, 0.25) is 15.9 Å². The van der Waals surface area contributed by atoms with Gasteiger partial charge in [0.25, 0.3) is 0 Å². The minimum absolute atomic E-state index is 0.131. The van der Waals surface area contributed by atoms with E-state index in [-0.39, 0.29) is 23.8 Å². The minimum Gasteiger partial charge on any atom is -0.493 e. The number of anilines is 1. The van der Waals surface area contributed by atoms with Gasteiger partial charge in [-0.05, 0) is 49.2 Å². The first-order valence-electron chi connectivity index (χ1n) is 8.23. The van der Waals surface area contributed by atoms with Gasteiger partial charge in [-0.25, -0.2) is 12.7 Å². The highest BCUT2D eigenvalue weighted by Gasteiger charge is 2.17. The van der Waals surface area contributed by atoms with Crippen LogP contribution in [0.3, 0.4) is 0 Å². The molecule has 6 nitrogen and oxygen atoms in total. The predicted octanol–water partition coefficient (Wildman–Crippen LogP) is 2.96. The second-order valence-electron chi connectivity index (χ2n) is 6.16. The van der Waals surface area contributed by atoms with E-state index in [1.54, 1.807) is 12.1 Å². The zero-order valence-corrected chi connectivity index (χ0v) is 16.3. The third-order valence-electron chi connectivity index (χ3n) is 4.04. The van der Waals surface area contributed by atoms with Gasteiger partial charge in [-0.15, -0.1) is 0 Å². The van der Waals surface area contributed by atoms with Crippen molar-refractivity contribution in [1.29, 1.82) is 0 Å². The summed E-state index contributed by atoms with van der Waals surface area (Å²) in [5, 5.41) is 2.70. The van der Waals surface area contributed by atoms with Crippen LogP contribution in [0.25, 0.3) is 0 Å². The van der Waals surface area contributed by atoms with Gasteiger partial charge in [-0.3, -0.25) is 4.79 Å². The maximum absolute atomic E-state index is 12.2. The molecule has 0 saturated heterocycles. The highest BCUT2D eigenvalue weighted by atomic mass is 32.2. The number of aryl methyl sites for hydroxylation is 1. The molecule has 2 aromatic rings. The second-order valence-corrected chi connectivity index (χ2v) is 8.31. The average molecular weight is 376 g/mol. The molecule has 0 unspecified atom stereocenters. The van der Waals surface area contributed by atoms with Crippen LogP contribution in [0, 0.1) is 13.8 Å². The quantitative estimate of drug-likeness (QED) is 0.806. The number of carbonyl (C=O) groups is 1. The molecule has 1 amide bonds. The van der Waals surface area contributed by atoms with Crippen molar-refractivity contribution in [3.63, 3.8) is 0 Å². The van der Waals surface area contributed by atoms with Gasteiger partial charge in [-0.1, -0.05) is 18.2 Å². The summed E-state index contributed by atoms with van der Waals surface area (Å²) in [5.74, 6) is 0.520. The third kappa shape index (κ3) is 4.83. The first kappa shape index (κ1) is 19.9. The van der Waals surface area contributed by atoms with Crippen LogP contribution in [-0.4, -0.2) is 39.3 Å². The number of nitrogens with one attached hydrogen (secondary N) is 1. The Kier molecular flexibility index (Phi) is 6.39. The smallest absolute Gasteiger partial charge is 0.242 e. The predicted molar refractivity (Wildman–Crippen MR) is 102 cm³/mol. The van der Waals surface area contributed by atoms with Crippen LogP contribution in [0.15, 0.2) is 47.4 Å². The number of ether oxygens (including phenoxy) is 1. The van der Waals surface area contributed by atoms with Crippen molar-refractivity contribution in [3.05, 3.63) is 53.6 Å². The molecule has 1 N–H and O–H groups in total. The Morgan fingerprint density at radius 2 is 1.81 bits per heavy atom. The topological polar surface area (TPSA) is 75.7 Å². The van der Waals surface area contributed by atoms with E-state index in [2.05, 4.69) is 5.32 Å².